The standard InChI is InChI=1S/C17H21N3O2S/c1-10-7-11(2)15-14(8-10)23-17(19-15)20-5-6-22-13(9-20)16(21)18-12-3-4-12/h7-8,12-13H,3-6,9H2,1-2H3,(H,18,21). The van der Waals surface area contributed by atoms with Gasteiger partial charge in [-0.3, -0.25) is 4.79 Å². The number of ether oxygens (including phenoxy) is 1. The first-order valence-corrected chi connectivity index (χ1v) is 8.96. The summed E-state index contributed by atoms with van der Waals surface area (Å²) in [7, 11) is 0. The molecule has 1 atom stereocenters. The fraction of sp³-hybridized carbons (Fsp3) is 0.529. The van der Waals surface area contributed by atoms with Gasteiger partial charge in [0.15, 0.2) is 11.2 Å². The van der Waals surface area contributed by atoms with Crippen LogP contribution in [0.15, 0.2) is 12.1 Å². The van der Waals surface area contributed by atoms with Crippen molar-refractivity contribution >= 4 is 32.6 Å². The average molecular weight is 331 g/mol. The van der Waals surface area contributed by atoms with Crippen molar-refractivity contribution in [3.8, 4) is 0 Å². The minimum atomic E-state index is -0.390. The van der Waals surface area contributed by atoms with E-state index in [-0.39, 0.29) is 12.0 Å². The van der Waals surface area contributed by atoms with E-state index in [1.165, 1.54) is 15.8 Å². The lowest BCUT2D eigenvalue weighted by atomic mass is 10.1. The highest BCUT2D eigenvalue weighted by molar-refractivity contribution is 7.22. The second-order valence-corrected chi connectivity index (χ2v) is 7.52. The Kier molecular flexibility index (Phi) is 3.73. The largest absolute Gasteiger partial charge is 0.365 e. The van der Waals surface area contributed by atoms with Crippen molar-refractivity contribution in [2.45, 2.75) is 38.8 Å². The van der Waals surface area contributed by atoms with Gasteiger partial charge in [-0.15, -0.1) is 0 Å². The molecule has 1 N–H and O–H groups in total. The van der Waals surface area contributed by atoms with Crippen LogP contribution in [0.1, 0.15) is 24.0 Å². The number of hydrogen-bond donors (Lipinski definition) is 1. The maximum atomic E-state index is 12.2. The number of carbonyl (C=O) groups is 1. The number of benzene rings is 1. The summed E-state index contributed by atoms with van der Waals surface area (Å²) in [5, 5.41) is 4.02. The molecule has 2 aromatic rings. The summed E-state index contributed by atoms with van der Waals surface area (Å²) in [5.41, 5.74) is 3.54. The number of aryl methyl sites for hydroxylation is 2. The van der Waals surface area contributed by atoms with Crippen molar-refractivity contribution in [2.75, 3.05) is 24.6 Å². The molecule has 0 radical (unpaired) electrons. The van der Waals surface area contributed by atoms with E-state index in [0.29, 0.717) is 19.2 Å². The van der Waals surface area contributed by atoms with Crippen LogP contribution in [-0.2, 0) is 9.53 Å². The van der Waals surface area contributed by atoms with Gasteiger partial charge in [-0.1, -0.05) is 17.4 Å². The third kappa shape index (κ3) is 3.05. The zero-order chi connectivity index (χ0) is 16.0. The number of morpholine rings is 1. The number of thiazole rings is 1. The predicted octanol–water partition coefficient (Wildman–Crippen LogP) is 2.40. The van der Waals surface area contributed by atoms with Gasteiger partial charge < -0.3 is 15.0 Å². The Morgan fingerprint density at radius 2 is 2.22 bits per heavy atom. The summed E-state index contributed by atoms with van der Waals surface area (Å²) >= 11 is 1.70. The number of carbonyl (C=O) groups excluding carboxylic acids is 1. The molecule has 1 saturated carbocycles. The Labute approximate surface area is 139 Å². The summed E-state index contributed by atoms with van der Waals surface area (Å²) in [6, 6.07) is 4.72. The number of aromatic nitrogens is 1. The first-order chi connectivity index (χ1) is 11.1. The van der Waals surface area contributed by atoms with Crippen molar-refractivity contribution < 1.29 is 9.53 Å². The van der Waals surface area contributed by atoms with E-state index >= 15 is 0 Å². The van der Waals surface area contributed by atoms with Crippen LogP contribution in [0.5, 0.6) is 0 Å². The quantitative estimate of drug-likeness (QED) is 0.938. The Morgan fingerprint density at radius 1 is 1.39 bits per heavy atom. The van der Waals surface area contributed by atoms with Gasteiger partial charge in [0.1, 0.15) is 0 Å². The van der Waals surface area contributed by atoms with Crippen LogP contribution in [0, 0.1) is 13.8 Å². The number of rotatable bonds is 3. The Balaban J connectivity index is 1.54. The molecule has 1 saturated heterocycles. The highest BCUT2D eigenvalue weighted by atomic mass is 32.1. The smallest absolute Gasteiger partial charge is 0.251 e. The molecule has 23 heavy (non-hydrogen) atoms. The third-order valence-corrected chi connectivity index (χ3v) is 5.43. The fourth-order valence-electron chi connectivity index (χ4n) is 3.00. The normalized spacial score (nSPS) is 21.7. The molecule has 2 heterocycles. The van der Waals surface area contributed by atoms with Crippen LogP contribution in [0.3, 0.4) is 0 Å². The minimum absolute atomic E-state index is 0.0188. The topological polar surface area (TPSA) is 54.5 Å². The van der Waals surface area contributed by atoms with E-state index in [0.717, 1.165) is 30.0 Å². The first-order valence-electron chi connectivity index (χ1n) is 8.15. The van der Waals surface area contributed by atoms with Gasteiger partial charge in [0.05, 0.1) is 23.4 Å². The number of nitrogens with one attached hydrogen (secondary N) is 1. The van der Waals surface area contributed by atoms with Crippen LogP contribution < -0.4 is 10.2 Å². The van der Waals surface area contributed by atoms with E-state index in [1.54, 1.807) is 11.3 Å². The van der Waals surface area contributed by atoms with Crippen molar-refractivity contribution in [3.63, 3.8) is 0 Å². The number of hydrogen-bond acceptors (Lipinski definition) is 5. The van der Waals surface area contributed by atoms with E-state index in [1.807, 2.05) is 0 Å². The molecule has 0 bridgehead atoms. The van der Waals surface area contributed by atoms with Gasteiger partial charge in [-0.2, -0.15) is 0 Å². The van der Waals surface area contributed by atoms with E-state index in [2.05, 4.69) is 36.2 Å². The monoisotopic (exact) mass is 331 g/mol. The predicted molar refractivity (Wildman–Crippen MR) is 92.2 cm³/mol. The number of amides is 1. The first kappa shape index (κ1) is 14.9. The Morgan fingerprint density at radius 3 is 3.00 bits per heavy atom. The molecule has 1 aromatic carbocycles. The molecule has 5 nitrogen and oxygen atoms in total. The van der Waals surface area contributed by atoms with Gasteiger partial charge in [0, 0.05) is 12.6 Å². The molecule has 4 rings (SSSR count). The maximum absolute atomic E-state index is 12.2. The second-order valence-electron chi connectivity index (χ2n) is 6.51. The SMILES string of the molecule is Cc1cc(C)c2nc(N3CCOC(C(=O)NC4CC4)C3)sc2c1. The molecule has 0 spiro atoms. The van der Waals surface area contributed by atoms with Gasteiger partial charge >= 0.3 is 0 Å². The highest BCUT2D eigenvalue weighted by Crippen LogP contribution is 2.32. The van der Waals surface area contributed by atoms with Gasteiger partial charge in [-0.25, -0.2) is 4.98 Å². The van der Waals surface area contributed by atoms with Gasteiger partial charge in [0.25, 0.3) is 5.91 Å². The lowest BCUT2D eigenvalue weighted by molar-refractivity contribution is -0.133. The molecular formula is C17H21N3O2S. The van der Waals surface area contributed by atoms with E-state index < -0.39 is 0 Å². The summed E-state index contributed by atoms with van der Waals surface area (Å²) < 4.78 is 6.87. The van der Waals surface area contributed by atoms with Crippen LogP contribution in [0.4, 0.5) is 5.13 Å². The third-order valence-electron chi connectivity index (χ3n) is 4.37. The number of fused-ring (bicyclic) bond motifs is 1. The molecule has 1 amide bonds. The van der Waals surface area contributed by atoms with Gasteiger partial charge in [0.2, 0.25) is 0 Å². The highest BCUT2D eigenvalue weighted by Gasteiger charge is 2.32. The molecule has 1 unspecified atom stereocenters. The van der Waals surface area contributed by atoms with Gasteiger partial charge in [-0.05, 0) is 43.9 Å². The molecule has 1 aromatic heterocycles. The maximum Gasteiger partial charge on any atom is 0.251 e. The zero-order valence-corrected chi connectivity index (χ0v) is 14.3. The molecule has 2 fully saturated rings. The molecule has 2 aliphatic rings. The van der Waals surface area contributed by atoms with Crippen LogP contribution in [0.2, 0.25) is 0 Å². The van der Waals surface area contributed by atoms with E-state index in [9.17, 15) is 4.79 Å². The zero-order valence-electron chi connectivity index (χ0n) is 13.5. The summed E-state index contributed by atoms with van der Waals surface area (Å²) in [6.07, 6.45) is 1.80. The molecule has 1 aliphatic heterocycles. The van der Waals surface area contributed by atoms with Crippen LogP contribution >= 0.6 is 11.3 Å². The van der Waals surface area contributed by atoms with Crippen LogP contribution in [-0.4, -0.2) is 42.7 Å². The molecular weight excluding hydrogens is 310 g/mol. The molecule has 1 aliphatic carbocycles. The molecule has 122 valence electrons. The summed E-state index contributed by atoms with van der Waals surface area (Å²) in [4.78, 5) is 19.2. The van der Waals surface area contributed by atoms with Crippen molar-refractivity contribution in [3.05, 3.63) is 23.3 Å². The second kappa shape index (κ2) is 5.76. The number of anilines is 1. The van der Waals surface area contributed by atoms with Crippen molar-refractivity contribution in [1.82, 2.24) is 10.3 Å². The minimum Gasteiger partial charge on any atom is -0.365 e. The molecule has 6 heteroatoms. The average Bonchev–Trinajstić information content (AvgIpc) is 3.23. The Hall–Kier alpha value is -1.66. The lowest BCUT2D eigenvalue weighted by Gasteiger charge is -2.31. The summed E-state index contributed by atoms with van der Waals surface area (Å²) in [5.74, 6) is 0.0188. The number of nitrogens with zero attached hydrogens (tertiary/aromatic N) is 2. The summed E-state index contributed by atoms with van der Waals surface area (Å²) in [6.45, 7) is 6.14. The van der Waals surface area contributed by atoms with Crippen molar-refractivity contribution in [1.29, 1.82) is 0 Å². The van der Waals surface area contributed by atoms with E-state index in [4.69, 9.17) is 9.72 Å². The van der Waals surface area contributed by atoms with Crippen molar-refractivity contribution in [2.24, 2.45) is 0 Å². The fourth-order valence-corrected chi connectivity index (χ4v) is 4.17. The Bertz CT molecular complexity index is 754. The van der Waals surface area contributed by atoms with Crippen LogP contribution in [0.25, 0.3) is 10.2 Å². The lowest BCUT2D eigenvalue weighted by Crippen LogP contribution is -2.50.